The van der Waals surface area contributed by atoms with E-state index in [0.29, 0.717) is 0 Å². The van der Waals surface area contributed by atoms with Gasteiger partial charge in [0.15, 0.2) is 0 Å². The van der Waals surface area contributed by atoms with Crippen LogP contribution < -0.4 is 0 Å². The van der Waals surface area contributed by atoms with Gasteiger partial charge in [0.1, 0.15) is 0 Å². The van der Waals surface area contributed by atoms with Gasteiger partial charge in [0.2, 0.25) is 0 Å². The molecule has 0 bridgehead atoms. The predicted octanol–water partition coefficient (Wildman–Crippen LogP) is 1.76. The zero-order valence-corrected chi connectivity index (χ0v) is 6.34. The molecule has 0 aromatic carbocycles. The SMILES string of the molecule is O=C(O)CSCCC(F)(F)F. The number of alkyl halides is 3. The van der Waals surface area contributed by atoms with Gasteiger partial charge in [-0.1, -0.05) is 0 Å². The molecule has 0 aromatic rings. The quantitative estimate of drug-likeness (QED) is 0.683. The van der Waals surface area contributed by atoms with Crippen LogP contribution in [0.25, 0.3) is 0 Å². The Bertz CT molecular complexity index is 134. The largest absolute Gasteiger partial charge is 0.481 e. The van der Waals surface area contributed by atoms with Crippen LogP contribution in [0.1, 0.15) is 6.42 Å². The molecule has 2 nitrogen and oxygen atoms in total. The van der Waals surface area contributed by atoms with Gasteiger partial charge in [-0.15, -0.1) is 11.8 Å². The van der Waals surface area contributed by atoms with Crippen molar-refractivity contribution in [2.45, 2.75) is 12.6 Å². The average Bonchev–Trinajstić information content (AvgIpc) is 1.78. The van der Waals surface area contributed by atoms with Crippen LogP contribution in [0.5, 0.6) is 0 Å². The van der Waals surface area contributed by atoms with Crippen molar-refractivity contribution in [2.75, 3.05) is 11.5 Å². The van der Waals surface area contributed by atoms with Gasteiger partial charge >= 0.3 is 12.1 Å². The third kappa shape index (κ3) is 9.61. The van der Waals surface area contributed by atoms with Gasteiger partial charge in [-0.05, 0) is 0 Å². The van der Waals surface area contributed by atoms with Crippen LogP contribution in [0.4, 0.5) is 13.2 Å². The lowest BCUT2D eigenvalue weighted by atomic mass is 10.5. The van der Waals surface area contributed by atoms with Gasteiger partial charge in [-0.25, -0.2) is 0 Å². The number of carbonyl (C=O) groups is 1. The highest BCUT2D eigenvalue weighted by molar-refractivity contribution is 7.99. The lowest BCUT2D eigenvalue weighted by Gasteiger charge is -2.03. The summed E-state index contributed by atoms with van der Waals surface area (Å²) >= 11 is 0.769. The maximum absolute atomic E-state index is 11.4. The van der Waals surface area contributed by atoms with E-state index in [1.807, 2.05) is 0 Å². The first kappa shape index (κ1) is 10.6. The van der Waals surface area contributed by atoms with E-state index < -0.39 is 18.6 Å². The number of halogens is 3. The Balaban J connectivity index is 3.22. The minimum Gasteiger partial charge on any atom is -0.481 e. The molecule has 0 rings (SSSR count). The molecule has 11 heavy (non-hydrogen) atoms. The number of hydrogen-bond acceptors (Lipinski definition) is 2. The second kappa shape index (κ2) is 4.48. The van der Waals surface area contributed by atoms with Gasteiger partial charge in [0.05, 0.1) is 12.2 Å². The summed E-state index contributed by atoms with van der Waals surface area (Å²) in [4.78, 5) is 9.82. The van der Waals surface area contributed by atoms with Crippen LogP contribution in [0.15, 0.2) is 0 Å². The number of carboxylic acid groups (broad SMARTS) is 1. The summed E-state index contributed by atoms with van der Waals surface area (Å²) in [5, 5.41) is 8.04. The van der Waals surface area contributed by atoms with E-state index >= 15 is 0 Å². The minimum atomic E-state index is -4.18. The Morgan fingerprint density at radius 1 is 1.45 bits per heavy atom. The van der Waals surface area contributed by atoms with E-state index in [2.05, 4.69) is 0 Å². The molecule has 6 heteroatoms. The fourth-order valence-electron chi connectivity index (χ4n) is 0.347. The summed E-state index contributed by atoms with van der Waals surface area (Å²) in [6.45, 7) is 0. The van der Waals surface area contributed by atoms with E-state index in [1.54, 1.807) is 0 Å². The third-order valence-corrected chi connectivity index (χ3v) is 1.70. The Kier molecular flexibility index (Phi) is 4.32. The summed E-state index contributed by atoms with van der Waals surface area (Å²) in [5.41, 5.74) is 0. The summed E-state index contributed by atoms with van der Waals surface area (Å²) in [6.07, 6.45) is -5.10. The first-order valence-corrected chi connectivity index (χ1v) is 3.93. The molecule has 0 radical (unpaired) electrons. The van der Waals surface area contributed by atoms with Crippen LogP contribution >= 0.6 is 11.8 Å². The number of hydrogen-bond donors (Lipinski definition) is 1. The fourth-order valence-corrected chi connectivity index (χ4v) is 1.04. The molecular formula is C5H7F3O2S. The van der Waals surface area contributed by atoms with Crippen molar-refractivity contribution in [1.29, 1.82) is 0 Å². The average molecular weight is 188 g/mol. The van der Waals surface area contributed by atoms with Crippen molar-refractivity contribution < 1.29 is 23.1 Å². The standard InChI is InChI=1S/C5H7F3O2S/c6-5(7,8)1-2-11-3-4(9)10/h1-3H2,(H,9,10). The number of thioether (sulfide) groups is 1. The fraction of sp³-hybridized carbons (Fsp3) is 0.800. The summed E-state index contributed by atoms with van der Waals surface area (Å²) in [7, 11) is 0. The Labute approximate surface area is 65.8 Å². The van der Waals surface area contributed by atoms with E-state index in [-0.39, 0.29) is 11.5 Å². The molecule has 0 aromatic heterocycles. The molecule has 0 amide bonds. The molecular weight excluding hydrogens is 181 g/mol. The second-order valence-electron chi connectivity index (χ2n) is 1.81. The van der Waals surface area contributed by atoms with Crippen molar-refractivity contribution in [2.24, 2.45) is 0 Å². The van der Waals surface area contributed by atoms with Crippen molar-refractivity contribution in [3.63, 3.8) is 0 Å². The van der Waals surface area contributed by atoms with Gasteiger partial charge in [0, 0.05) is 5.75 Å². The van der Waals surface area contributed by atoms with Crippen molar-refractivity contribution >= 4 is 17.7 Å². The number of rotatable bonds is 4. The first-order valence-electron chi connectivity index (χ1n) is 2.78. The molecule has 0 aliphatic heterocycles. The molecule has 0 aliphatic rings. The molecule has 0 atom stereocenters. The lowest BCUT2D eigenvalue weighted by Crippen LogP contribution is -2.09. The monoisotopic (exact) mass is 188 g/mol. The van der Waals surface area contributed by atoms with Crippen LogP contribution in [-0.2, 0) is 4.79 Å². The van der Waals surface area contributed by atoms with Crippen molar-refractivity contribution in [1.82, 2.24) is 0 Å². The van der Waals surface area contributed by atoms with Gasteiger partial charge in [0.25, 0.3) is 0 Å². The summed E-state index contributed by atoms with van der Waals surface area (Å²) < 4.78 is 34.3. The molecule has 66 valence electrons. The van der Waals surface area contributed by atoms with Crippen LogP contribution in [0.3, 0.4) is 0 Å². The maximum atomic E-state index is 11.4. The third-order valence-electron chi connectivity index (χ3n) is 0.755. The molecule has 1 N–H and O–H groups in total. The molecule has 0 aliphatic carbocycles. The first-order chi connectivity index (χ1) is 4.92. The Hall–Kier alpha value is -0.390. The number of carboxylic acids is 1. The van der Waals surface area contributed by atoms with E-state index in [4.69, 9.17) is 5.11 Å². The predicted molar refractivity (Wildman–Crippen MR) is 35.6 cm³/mol. The van der Waals surface area contributed by atoms with E-state index in [9.17, 15) is 18.0 Å². The summed E-state index contributed by atoms with van der Waals surface area (Å²) in [5.74, 6) is -1.54. The molecule has 0 spiro atoms. The number of aliphatic carboxylic acids is 1. The molecule has 0 saturated heterocycles. The second-order valence-corrected chi connectivity index (χ2v) is 2.92. The van der Waals surface area contributed by atoms with Crippen LogP contribution in [-0.4, -0.2) is 28.8 Å². The van der Waals surface area contributed by atoms with Crippen LogP contribution in [0.2, 0.25) is 0 Å². The highest BCUT2D eigenvalue weighted by Crippen LogP contribution is 2.21. The normalized spacial score (nSPS) is 11.5. The van der Waals surface area contributed by atoms with Gasteiger partial charge in [-0.2, -0.15) is 13.2 Å². The lowest BCUT2D eigenvalue weighted by molar-refractivity contribution is -0.134. The highest BCUT2D eigenvalue weighted by atomic mass is 32.2. The van der Waals surface area contributed by atoms with Gasteiger partial charge < -0.3 is 5.11 Å². The zero-order valence-electron chi connectivity index (χ0n) is 5.52. The summed E-state index contributed by atoms with van der Waals surface area (Å²) in [6, 6.07) is 0. The topological polar surface area (TPSA) is 37.3 Å². The molecule has 0 saturated carbocycles. The van der Waals surface area contributed by atoms with Crippen molar-refractivity contribution in [3.05, 3.63) is 0 Å². The van der Waals surface area contributed by atoms with E-state index in [1.165, 1.54) is 0 Å². The van der Waals surface area contributed by atoms with Gasteiger partial charge in [-0.3, -0.25) is 4.79 Å². The smallest absolute Gasteiger partial charge is 0.389 e. The molecule has 0 fully saturated rings. The van der Waals surface area contributed by atoms with Crippen LogP contribution in [0, 0.1) is 0 Å². The zero-order chi connectivity index (χ0) is 8.91. The Morgan fingerprint density at radius 2 is 2.00 bits per heavy atom. The minimum absolute atomic E-state index is 0.185. The van der Waals surface area contributed by atoms with Crippen molar-refractivity contribution in [3.8, 4) is 0 Å². The van der Waals surface area contributed by atoms with E-state index in [0.717, 1.165) is 11.8 Å². The maximum Gasteiger partial charge on any atom is 0.389 e. The highest BCUT2D eigenvalue weighted by Gasteiger charge is 2.26. The molecule has 0 heterocycles. The Morgan fingerprint density at radius 3 is 2.36 bits per heavy atom. The molecule has 0 unspecified atom stereocenters.